The molecule has 1 aliphatic heterocycles. The lowest BCUT2D eigenvalue weighted by atomic mass is 10.2. The first-order valence-electron chi connectivity index (χ1n) is 8.86. The molecule has 7 nitrogen and oxygen atoms in total. The number of hydrogen-bond acceptors (Lipinski definition) is 5. The Morgan fingerprint density at radius 3 is 2.90 bits per heavy atom. The fourth-order valence-electron chi connectivity index (χ4n) is 2.92. The molecule has 0 radical (unpaired) electrons. The molecule has 2 aromatic carbocycles. The summed E-state index contributed by atoms with van der Waals surface area (Å²) in [4.78, 5) is 12.8. The van der Waals surface area contributed by atoms with Crippen molar-refractivity contribution < 1.29 is 22.7 Å². The molecule has 0 aliphatic carbocycles. The molecule has 3 rings (SSSR count). The Morgan fingerprint density at radius 1 is 1.38 bits per heavy atom. The summed E-state index contributed by atoms with van der Waals surface area (Å²) in [6.07, 6.45) is 2.03. The van der Waals surface area contributed by atoms with Gasteiger partial charge in [0.15, 0.2) is 6.10 Å². The minimum Gasteiger partial charge on any atom is -0.489 e. The highest BCUT2D eigenvalue weighted by atomic mass is 35.5. The van der Waals surface area contributed by atoms with Gasteiger partial charge in [-0.15, -0.1) is 0 Å². The highest BCUT2D eigenvalue weighted by Gasteiger charge is 2.31. The van der Waals surface area contributed by atoms with Gasteiger partial charge in [-0.2, -0.15) is 0 Å². The number of sulfonamides is 1. The van der Waals surface area contributed by atoms with Gasteiger partial charge in [-0.25, -0.2) is 8.42 Å². The molecular formula is C20H21ClN2O5S. The largest absolute Gasteiger partial charge is 0.489 e. The lowest BCUT2D eigenvalue weighted by Crippen LogP contribution is -2.35. The number of ether oxygens (including phenoxy) is 2. The van der Waals surface area contributed by atoms with Crippen molar-refractivity contribution in [2.24, 2.45) is 0 Å². The summed E-state index contributed by atoms with van der Waals surface area (Å²) < 4.78 is 36.9. The van der Waals surface area contributed by atoms with E-state index in [1.165, 1.54) is 10.4 Å². The fraction of sp³-hybridized carbons (Fsp3) is 0.250. The molecule has 1 N–H and O–H groups in total. The molecular weight excluding hydrogens is 416 g/mol. The van der Waals surface area contributed by atoms with Crippen LogP contribution in [-0.2, 0) is 14.8 Å². The number of nitrogens with one attached hydrogen (secondary N) is 1. The van der Waals surface area contributed by atoms with Crippen LogP contribution in [0.3, 0.4) is 0 Å². The highest BCUT2D eigenvalue weighted by Crippen LogP contribution is 2.36. The van der Waals surface area contributed by atoms with Crippen molar-refractivity contribution in [2.45, 2.75) is 12.5 Å². The third-order valence-corrected chi connectivity index (χ3v) is 5.63. The molecule has 0 fully saturated rings. The summed E-state index contributed by atoms with van der Waals surface area (Å²) in [5, 5.41) is 3.16. The second-order valence-electron chi connectivity index (χ2n) is 6.46. The molecule has 1 heterocycles. The normalized spacial score (nSPS) is 16.2. The second kappa shape index (κ2) is 8.75. The number of carbonyl (C=O) groups is 1. The van der Waals surface area contributed by atoms with Gasteiger partial charge in [0.25, 0.3) is 5.91 Å². The molecule has 29 heavy (non-hydrogen) atoms. The standard InChI is InChI=1S/C20H21ClN2O5S/c1-3-11-27-16-6-4-5-15(13-16)22-20(24)19-9-10-23(29(2,25)26)17-12-14(21)7-8-18(17)28-19/h3-8,12-13,19H,1,9-11H2,2H3,(H,22,24)/t19-/m0/s1. The van der Waals surface area contributed by atoms with E-state index < -0.39 is 16.1 Å². The van der Waals surface area contributed by atoms with Crippen LogP contribution in [0.25, 0.3) is 0 Å². The van der Waals surface area contributed by atoms with Crippen LogP contribution in [0.1, 0.15) is 6.42 Å². The van der Waals surface area contributed by atoms with E-state index in [0.717, 1.165) is 6.26 Å². The monoisotopic (exact) mass is 436 g/mol. The van der Waals surface area contributed by atoms with Crippen molar-refractivity contribution in [3.63, 3.8) is 0 Å². The number of halogens is 1. The molecule has 154 valence electrons. The van der Waals surface area contributed by atoms with Crippen molar-refractivity contribution in [1.82, 2.24) is 0 Å². The van der Waals surface area contributed by atoms with Crippen molar-refractivity contribution >= 4 is 38.9 Å². The first-order chi connectivity index (χ1) is 13.8. The minimum absolute atomic E-state index is 0.0900. The number of anilines is 2. The molecule has 1 aliphatic rings. The molecule has 0 saturated heterocycles. The predicted octanol–water partition coefficient (Wildman–Crippen LogP) is 3.46. The zero-order valence-corrected chi connectivity index (χ0v) is 17.4. The molecule has 0 bridgehead atoms. The summed E-state index contributed by atoms with van der Waals surface area (Å²) in [6, 6.07) is 11.6. The van der Waals surface area contributed by atoms with Crippen molar-refractivity contribution in [2.75, 3.05) is 29.0 Å². The Balaban J connectivity index is 1.81. The first kappa shape index (κ1) is 21.0. The number of nitrogens with zero attached hydrogens (tertiary/aromatic N) is 1. The van der Waals surface area contributed by atoms with Crippen LogP contribution in [0.5, 0.6) is 11.5 Å². The molecule has 9 heteroatoms. The third kappa shape index (κ3) is 5.21. The van der Waals surface area contributed by atoms with Crippen LogP contribution in [0.4, 0.5) is 11.4 Å². The Morgan fingerprint density at radius 2 is 2.17 bits per heavy atom. The van der Waals surface area contributed by atoms with E-state index in [1.807, 2.05) is 0 Å². The van der Waals surface area contributed by atoms with Crippen molar-refractivity contribution in [3.05, 3.63) is 60.1 Å². The van der Waals surface area contributed by atoms with Gasteiger partial charge in [-0.05, 0) is 30.3 Å². The topological polar surface area (TPSA) is 84.9 Å². The Labute approximate surface area is 174 Å². The van der Waals surface area contributed by atoms with Gasteiger partial charge in [0.2, 0.25) is 10.0 Å². The Bertz CT molecular complexity index is 1030. The van der Waals surface area contributed by atoms with E-state index in [4.69, 9.17) is 21.1 Å². The van der Waals surface area contributed by atoms with Crippen LogP contribution in [0.15, 0.2) is 55.1 Å². The zero-order valence-electron chi connectivity index (χ0n) is 15.8. The van der Waals surface area contributed by atoms with Gasteiger partial charge < -0.3 is 14.8 Å². The Hall–Kier alpha value is -2.71. The van der Waals surface area contributed by atoms with Crippen LogP contribution in [0, 0.1) is 0 Å². The molecule has 0 unspecified atom stereocenters. The SMILES string of the molecule is C=CCOc1cccc(NC(=O)[C@@H]2CCN(S(C)(=O)=O)c3cc(Cl)ccc3O2)c1. The van der Waals surface area contributed by atoms with Gasteiger partial charge in [0.1, 0.15) is 18.1 Å². The maximum Gasteiger partial charge on any atom is 0.265 e. The number of benzene rings is 2. The van der Waals surface area contributed by atoms with Gasteiger partial charge in [-0.1, -0.05) is 30.3 Å². The molecule has 0 saturated carbocycles. The van der Waals surface area contributed by atoms with E-state index >= 15 is 0 Å². The third-order valence-electron chi connectivity index (χ3n) is 4.22. The van der Waals surface area contributed by atoms with Crippen LogP contribution >= 0.6 is 11.6 Å². The smallest absolute Gasteiger partial charge is 0.265 e. The van der Waals surface area contributed by atoms with Crippen LogP contribution in [0.2, 0.25) is 5.02 Å². The molecule has 0 spiro atoms. The summed E-state index contributed by atoms with van der Waals surface area (Å²) in [6.45, 7) is 4.04. The zero-order chi connectivity index (χ0) is 21.0. The van der Waals surface area contributed by atoms with Gasteiger partial charge in [-0.3, -0.25) is 9.10 Å². The summed E-state index contributed by atoms with van der Waals surface area (Å²) >= 11 is 6.03. The van der Waals surface area contributed by atoms with Crippen molar-refractivity contribution in [3.8, 4) is 11.5 Å². The maximum atomic E-state index is 12.8. The lowest BCUT2D eigenvalue weighted by Gasteiger charge is -2.21. The second-order valence-corrected chi connectivity index (χ2v) is 8.80. The number of amides is 1. The van der Waals surface area contributed by atoms with E-state index in [9.17, 15) is 13.2 Å². The average molecular weight is 437 g/mol. The number of rotatable bonds is 6. The quantitative estimate of drug-likeness (QED) is 0.701. The highest BCUT2D eigenvalue weighted by molar-refractivity contribution is 7.92. The number of fused-ring (bicyclic) bond motifs is 1. The maximum absolute atomic E-state index is 12.8. The molecule has 1 atom stereocenters. The molecule has 2 aromatic rings. The molecule has 0 aromatic heterocycles. The lowest BCUT2D eigenvalue weighted by molar-refractivity contribution is -0.122. The summed E-state index contributed by atoms with van der Waals surface area (Å²) in [5.74, 6) is 0.482. The fourth-order valence-corrected chi connectivity index (χ4v) is 4.03. The predicted molar refractivity (Wildman–Crippen MR) is 113 cm³/mol. The van der Waals surface area contributed by atoms with E-state index in [0.29, 0.717) is 28.8 Å². The number of carbonyl (C=O) groups excluding carboxylic acids is 1. The van der Waals surface area contributed by atoms with Crippen LogP contribution < -0.4 is 19.1 Å². The van der Waals surface area contributed by atoms with Gasteiger partial charge in [0, 0.05) is 29.7 Å². The van der Waals surface area contributed by atoms with Gasteiger partial charge >= 0.3 is 0 Å². The van der Waals surface area contributed by atoms with Crippen molar-refractivity contribution in [1.29, 1.82) is 0 Å². The summed E-state index contributed by atoms with van der Waals surface area (Å²) in [5.41, 5.74) is 0.857. The average Bonchev–Trinajstić information content (AvgIpc) is 2.86. The number of hydrogen-bond donors (Lipinski definition) is 1. The molecule has 1 amide bonds. The van der Waals surface area contributed by atoms with E-state index in [1.54, 1.807) is 42.5 Å². The first-order valence-corrected chi connectivity index (χ1v) is 11.1. The van der Waals surface area contributed by atoms with E-state index in [2.05, 4.69) is 11.9 Å². The minimum atomic E-state index is -3.56. The summed E-state index contributed by atoms with van der Waals surface area (Å²) in [7, 11) is -3.56. The van der Waals surface area contributed by atoms with E-state index in [-0.39, 0.29) is 24.6 Å². The van der Waals surface area contributed by atoms with Gasteiger partial charge in [0.05, 0.1) is 11.9 Å². The van der Waals surface area contributed by atoms with Crippen LogP contribution in [-0.4, -0.2) is 39.8 Å². The Kier molecular flexibility index (Phi) is 6.34.